The van der Waals surface area contributed by atoms with Gasteiger partial charge in [-0.3, -0.25) is 9.69 Å². The number of hydrogen-bond acceptors (Lipinski definition) is 3. The molecule has 0 aromatic heterocycles. The number of halogens is 2. The zero-order valence-electron chi connectivity index (χ0n) is 11.7. The number of benzene rings is 1. The summed E-state index contributed by atoms with van der Waals surface area (Å²) < 4.78 is 0. The number of nitrogens with zero attached hydrogens (tertiary/aromatic N) is 1. The van der Waals surface area contributed by atoms with Crippen LogP contribution >= 0.6 is 24.8 Å². The largest absolute Gasteiger partial charge is 0.399 e. The summed E-state index contributed by atoms with van der Waals surface area (Å²) in [6.07, 6.45) is 2.61. The number of anilines is 1. The zero-order valence-corrected chi connectivity index (χ0v) is 13.3. The summed E-state index contributed by atoms with van der Waals surface area (Å²) in [6.45, 7) is 4.84. The molecule has 20 heavy (non-hydrogen) atoms. The number of carbonyl (C=O) groups is 1. The average molecular weight is 320 g/mol. The van der Waals surface area contributed by atoms with Gasteiger partial charge in [0.15, 0.2) is 0 Å². The lowest BCUT2D eigenvalue weighted by molar-refractivity contribution is 0.0948. The topological polar surface area (TPSA) is 58.4 Å². The second kappa shape index (κ2) is 9.06. The Balaban J connectivity index is 0.00000180. The van der Waals surface area contributed by atoms with Gasteiger partial charge in [0.1, 0.15) is 0 Å². The molecule has 114 valence electrons. The summed E-state index contributed by atoms with van der Waals surface area (Å²) >= 11 is 0. The van der Waals surface area contributed by atoms with Gasteiger partial charge >= 0.3 is 0 Å². The van der Waals surface area contributed by atoms with Crippen molar-refractivity contribution in [1.29, 1.82) is 0 Å². The van der Waals surface area contributed by atoms with Gasteiger partial charge < -0.3 is 11.1 Å². The highest BCUT2D eigenvalue weighted by Gasteiger charge is 2.27. The molecule has 0 unspecified atom stereocenters. The summed E-state index contributed by atoms with van der Waals surface area (Å²) in [7, 11) is 0. The minimum atomic E-state index is -0.0471. The third-order valence-corrected chi connectivity index (χ3v) is 3.30. The molecule has 0 radical (unpaired) electrons. The van der Waals surface area contributed by atoms with Gasteiger partial charge in [-0.25, -0.2) is 0 Å². The number of likely N-dealkylation sites (N-methyl/N-ethyl adjacent to an activating group) is 1. The summed E-state index contributed by atoms with van der Waals surface area (Å²) in [5, 5.41) is 2.94. The Labute approximate surface area is 132 Å². The van der Waals surface area contributed by atoms with Crippen molar-refractivity contribution >= 4 is 36.4 Å². The van der Waals surface area contributed by atoms with E-state index in [1.54, 1.807) is 24.3 Å². The molecule has 0 aliphatic heterocycles. The van der Waals surface area contributed by atoms with Crippen LogP contribution in [0.2, 0.25) is 0 Å². The molecule has 3 N–H and O–H groups in total. The summed E-state index contributed by atoms with van der Waals surface area (Å²) in [5.74, 6) is -0.0471. The number of hydrogen-bond donors (Lipinski definition) is 2. The minimum absolute atomic E-state index is 0. The van der Waals surface area contributed by atoms with Gasteiger partial charge in [0.25, 0.3) is 5.91 Å². The fourth-order valence-electron chi connectivity index (χ4n) is 2.13. The lowest BCUT2D eigenvalue weighted by Gasteiger charge is -2.19. The SMILES string of the molecule is CCN(CCNC(=O)c1cccc(N)c1)C1CC1.Cl.Cl. The fourth-order valence-corrected chi connectivity index (χ4v) is 2.13. The number of nitrogens with one attached hydrogen (secondary N) is 1. The van der Waals surface area contributed by atoms with E-state index in [0.29, 0.717) is 17.8 Å². The van der Waals surface area contributed by atoms with Crippen molar-refractivity contribution < 1.29 is 4.79 Å². The van der Waals surface area contributed by atoms with E-state index in [4.69, 9.17) is 5.73 Å². The van der Waals surface area contributed by atoms with Crippen molar-refractivity contribution in [3.8, 4) is 0 Å². The van der Waals surface area contributed by atoms with Gasteiger partial charge in [-0.15, -0.1) is 24.8 Å². The molecular formula is C14H23Cl2N3O. The molecule has 0 saturated heterocycles. The molecule has 1 amide bonds. The Morgan fingerprint density at radius 2 is 2.10 bits per heavy atom. The average Bonchev–Trinajstić information content (AvgIpc) is 3.18. The summed E-state index contributed by atoms with van der Waals surface area (Å²) in [5.41, 5.74) is 6.90. The first-order valence-electron chi connectivity index (χ1n) is 6.58. The monoisotopic (exact) mass is 319 g/mol. The lowest BCUT2D eigenvalue weighted by Crippen LogP contribution is -2.36. The molecular weight excluding hydrogens is 297 g/mol. The fraction of sp³-hybridized carbons (Fsp3) is 0.500. The summed E-state index contributed by atoms with van der Waals surface area (Å²) in [6, 6.07) is 7.81. The minimum Gasteiger partial charge on any atom is -0.399 e. The Bertz CT molecular complexity index is 425. The van der Waals surface area contributed by atoms with Crippen LogP contribution in [-0.2, 0) is 0 Å². The van der Waals surface area contributed by atoms with E-state index in [1.165, 1.54) is 12.8 Å². The molecule has 0 heterocycles. The highest BCUT2D eigenvalue weighted by Crippen LogP contribution is 2.25. The Morgan fingerprint density at radius 1 is 1.40 bits per heavy atom. The molecule has 1 fully saturated rings. The zero-order chi connectivity index (χ0) is 13.0. The first-order chi connectivity index (χ1) is 8.70. The van der Waals surface area contributed by atoms with Gasteiger partial charge in [0.05, 0.1) is 0 Å². The number of carbonyl (C=O) groups excluding carboxylic acids is 1. The highest BCUT2D eigenvalue weighted by atomic mass is 35.5. The number of nitrogen functional groups attached to an aromatic ring is 1. The third kappa shape index (κ3) is 5.57. The molecule has 0 spiro atoms. The number of rotatable bonds is 6. The molecule has 1 aliphatic carbocycles. The van der Waals surface area contributed by atoms with Crippen LogP contribution in [0.15, 0.2) is 24.3 Å². The van der Waals surface area contributed by atoms with E-state index in [2.05, 4.69) is 17.1 Å². The molecule has 0 bridgehead atoms. The van der Waals surface area contributed by atoms with Gasteiger partial charge in [-0.1, -0.05) is 13.0 Å². The molecule has 1 aliphatic rings. The maximum Gasteiger partial charge on any atom is 0.251 e. The standard InChI is InChI=1S/C14H21N3O.2ClH/c1-2-17(13-6-7-13)9-8-16-14(18)11-4-3-5-12(15)10-11;;/h3-5,10,13H,2,6-9,15H2,1H3,(H,16,18);2*1H. The van der Waals surface area contributed by atoms with E-state index < -0.39 is 0 Å². The predicted octanol–water partition coefficient (Wildman–Crippen LogP) is 2.33. The van der Waals surface area contributed by atoms with Crippen molar-refractivity contribution in [3.05, 3.63) is 29.8 Å². The van der Waals surface area contributed by atoms with Crippen LogP contribution in [0.25, 0.3) is 0 Å². The van der Waals surface area contributed by atoms with Crippen molar-refractivity contribution in [2.24, 2.45) is 0 Å². The van der Waals surface area contributed by atoms with E-state index in [-0.39, 0.29) is 30.7 Å². The van der Waals surface area contributed by atoms with Gasteiger partial charge in [-0.2, -0.15) is 0 Å². The summed E-state index contributed by atoms with van der Waals surface area (Å²) in [4.78, 5) is 14.3. The van der Waals surface area contributed by atoms with E-state index in [0.717, 1.165) is 19.1 Å². The Kier molecular flexibility index (Phi) is 8.62. The van der Waals surface area contributed by atoms with Gasteiger partial charge in [0.2, 0.25) is 0 Å². The lowest BCUT2D eigenvalue weighted by atomic mass is 10.2. The van der Waals surface area contributed by atoms with Crippen molar-refractivity contribution in [3.63, 3.8) is 0 Å². The number of nitrogens with two attached hydrogens (primary N) is 1. The van der Waals surface area contributed by atoms with Crippen LogP contribution in [0.3, 0.4) is 0 Å². The molecule has 1 aromatic rings. The third-order valence-electron chi connectivity index (χ3n) is 3.30. The van der Waals surface area contributed by atoms with E-state index >= 15 is 0 Å². The van der Waals surface area contributed by atoms with Crippen LogP contribution in [0, 0.1) is 0 Å². The van der Waals surface area contributed by atoms with Gasteiger partial charge in [-0.05, 0) is 37.6 Å². The van der Waals surface area contributed by atoms with Crippen LogP contribution in [0.1, 0.15) is 30.1 Å². The molecule has 0 atom stereocenters. The molecule has 1 aromatic carbocycles. The Hall–Kier alpha value is -0.970. The van der Waals surface area contributed by atoms with Crippen molar-refractivity contribution in [1.82, 2.24) is 10.2 Å². The molecule has 2 rings (SSSR count). The maximum absolute atomic E-state index is 11.9. The number of amides is 1. The second-order valence-corrected chi connectivity index (χ2v) is 4.74. The molecule has 4 nitrogen and oxygen atoms in total. The second-order valence-electron chi connectivity index (χ2n) is 4.74. The van der Waals surface area contributed by atoms with Crippen LogP contribution in [0.5, 0.6) is 0 Å². The first-order valence-corrected chi connectivity index (χ1v) is 6.58. The predicted molar refractivity (Wildman–Crippen MR) is 88.0 cm³/mol. The quantitative estimate of drug-likeness (QED) is 0.791. The van der Waals surface area contributed by atoms with Crippen LogP contribution < -0.4 is 11.1 Å². The van der Waals surface area contributed by atoms with E-state index in [1.807, 2.05) is 0 Å². The normalized spacial score (nSPS) is 13.3. The van der Waals surface area contributed by atoms with E-state index in [9.17, 15) is 4.79 Å². The molecule has 1 saturated carbocycles. The smallest absolute Gasteiger partial charge is 0.251 e. The first kappa shape index (κ1) is 19.0. The Morgan fingerprint density at radius 3 is 2.65 bits per heavy atom. The highest BCUT2D eigenvalue weighted by molar-refractivity contribution is 5.94. The molecule has 6 heteroatoms. The maximum atomic E-state index is 11.9. The van der Waals surface area contributed by atoms with Crippen LogP contribution in [0.4, 0.5) is 5.69 Å². The van der Waals surface area contributed by atoms with Crippen molar-refractivity contribution in [2.75, 3.05) is 25.4 Å². The van der Waals surface area contributed by atoms with Crippen molar-refractivity contribution in [2.45, 2.75) is 25.8 Å². The van der Waals surface area contributed by atoms with Gasteiger partial charge in [0, 0.05) is 30.4 Å². The van der Waals surface area contributed by atoms with Crippen LogP contribution in [-0.4, -0.2) is 36.5 Å².